The summed E-state index contributed by atoms with van der Waals surface area (Å²) in [4.78, 5) is 27.4. The van der Waals surface area contributed by atoms with E-state index in [1.54, 1.807) is 0 Å². The second kappa shape index (κ2) is 45.3. The van der Waals surface area contributed by atoms with Gasteiger partial charge in [-0.2, -0.15) is 0 Å². The molecular formula is C47H95N3O3. The van der Waals surface area contributed by atoms with E-state index >= 15 is 0 Å². The fourth-order valence-electron chi connectivity index (χ4n) is 7.46. The zero-order chi connectivity index (χ0) is 38.6. The Labute approximate surface area is 332 Å². The summed E-state index contributed by atoms with van der Waals surface area (Å²) in [5.74, 6) is 0.249. The molecule has 0 rings (SSSR count). The van der Waals surface area contributed by atoms with E-state index in [4.69, 9.17) is 5.11 Å². The summed E-state index contributed by atoms with van der Waals surface area (Å²) in [5, 5.41) is 15.4. The molecule has 6 nitrogen and oxygen atoms in total. The molecule has 0 aliphatic rings. The van der Waals surface area contributed by atoms with Gasteiger partial charge in [0.05, 0.1) is 0 Å². The standard InChI is InChI=1S/C47H95N3O3/c1-3-5-7-9-11-13-15-17-19-21-23-25-27-29-31-34-40-48-46(52)38-43-50(42-36-33-37-45-51)44-39-47(53)49-41-35-32-30-28-26-24-22-20-18-16-14-12-10-8-6-4-2/h51H,3-45H2,1-2H3,(H,48,52)(H,49,53). The Morgan fingerprint density at radius 3 is 0.906 bits per heavy atom. The van der Waals surface area contributed by atoms with Crippen molar-refractivity contribution in [2.75, 3.05) is 39.3 Å². The predicted octanol–water partition coefficient (Wildman–Crippen LogP) is 13.0. The van der Waals surface area contributed by atoms with E-state index in [0.29, 0.717) is 25.9 Å². The van der Waals surface area contributed by atoms with E-state index in [1.807, 2.05) is 0 Å². The maximum absolute atomic E-state index is 12.6. The van der Waals surface area contributed by atoms with Crippen molar-refractivity contribution in [3.63, 3.8) is 0 Å². The van der Waals surface area contributed by atoms with Gasteiger partial charge in [0.25, 0.3) is 0 Å². The molecule has 0 aromatic rings. The van der Waals surface area contributed by atoms with E-state index in [9.17, 15) is 9.59 Å². The van der Waals surface area contributed by atoms with Crippen molar-refractivity contribution in [3.8, 4) is 0 Å². The molecule has 6 heteroatoms. The second-order valence-electron chi connectivity index (χ2n) is 16.4. The number of carbonyl (C=O) groups is 2. The number of amides is 2. The minimum Gasteiger partial charge on any atom is -0.396 e. The van der Waals surface area contributed by atoms with Crippen molar-refractivity contribution < 1.29 is 14.7 Å². The summed E-state index contributed by atoms with van der Waals surface area (Å²) >= 11 is 0. The molecule has 0 bridgehead atoms. The van der Waals surface area contributed by atoms with Crippen molar-refractivity contribution in [3.05, 3.63) is 0 Å². The topological polar surface area (TPSA) is 81.7 Å². The van der Waals surface area contributed by atoms with E-state index in [1.165, 1.54) is 193 Å². The number of aliphatic hydroxyl groups excluding tert-OH is 1. The van der Waals surface area contributed by atoms with Gasteiger partial charge in [0, 0.05) is 45.6 Å². The van der Waals surface area contributed by atoms with Crippen LogP contribution >= 0.6 is 0 Å². The molecule has 0 heterocycles. The molecule has 0 saturated carbocycles. The van der Waals surface area contributed by atoms with Gasteiger partial charge in [-0.25, -0.2) is 0 Å². The lowest BCUT2D eigenvalue weighted by molar-refractivity contribution is -0.121. The highest BCUT2D eigenvalue weighted by atomic mass is 16.3. The van der Waals surface area contributed by atoms with Gasteiger partial charge in [0.1, 0.15) is 0 Å². The summed E-state index contributed by atoms with van der Waals surface area (Å²) in [6.45, 7) is 8.60. The van der Waals surface area contributed by atoms with Crippen molar-refractivity contribution in [2.24, 2.45) is 0 Å². The monoisotopic (exact) mass is 750 g/mol. The first-order valence-corrected chi connectivity index (χ1v) is 24.0. The van der Waals surface area contributed by atoms with Gasteiger partial charge >= 0.3 is 0 Å². The molecule has 0 atom stereocenters. The van der Waals surface area contributed by atoms with Crippen molar-refractivity contribution in [1.82, 2.24) is 15.5 Å². The average Bonchev–Trinajstić information content (AvgIpc) is 3.16. The molecule has 0 aliphatic heterocycles. The van der Waals surface area contributed by atoms with Gasteiger partial charge in [-0.1, -0.05) is 206 Å². The Hall–Kier alpha value is -1.14. The average molecular weight is 750 g/mol. The summed E-state index contributed by atoms with van der Waals surface area (Å²) < 4.78 is 0. The minimum atomic E-state index is 0.124. The maximum Gasteiger partial charge on any atom is 0.221 e. The zero-order valence-corrected chi connectivity index (χ0v) is 36.1. The summed E-state index contributed by atoms with van der Waals surface area (Å²) in [6, 6.07) is 0. The first-order valence-electron chi connectivity index (χ1n) is 24.0. The number of hydrogen-bond donors (Lipinski definition) is 3. The maximum atomic E-state index is 12.6. The highest BCUT2D eigenvalue weighted by Crippen LogP contribution is 2.15. The smallest absolute Gasteiger partial charge is 0.221 e. The van der Waals surface area contributed by atoms with Gasteiger partial charge in [-0.15, -0.1) is 0 Å². The Kier molecular flexibility index (Phi) is 44.3. The quantitative estimate of drug-likeness (QED) is 0.0542. The molecule has 3 N–H and O–H groups in total. The molecule has 316 valence electrons. The number of carbonyl (C=O) groups excluding carboxylic acids is 2. The van der Waals surface area contributed by atoms with E-state index < -0.39 is 0 Å². The van der Waals surface area contributed by atoms with E-state index in [2.05, 4.69) is 29.4 Å². The first-order chi connectivity index (χ1) is 26.1. The minimum absolute atomic E-state index is 0.124. The Morgan fingerprint density at radius 2 is 0.623 bits per heavy atom. The van der Waals surface area contributed by atoms with Crippen molar-refractivity contribution in [2.45, 2.75) is 251 Å². The highest BCUT2D eigenvalue weighted by Gasteiger charge is 2.11. The largest absolute Gasteiger partial charge is 0.396 e. The number of hydrogen-bond acceptors (Lipinski definition) is 4. The van der Waals surface area contributed by atoms with Crippen molar-refractivity contribution in [1.29, 1.82) is 0 Å². The molecule has 0 unspecified atom stereocenters. The van der Waals surface area contributed by atoms with E-state index in [0.717, 1.165) is 51.7 Å². The number of nitrogens with one attached hydrogen (secondary N) is 2. The van der Waals surface area contributed by atoms with Crippen LogP contribution in [0.1, 0.15) is 251 Å². The van der Waals surface area contributed by atoms with Crippen LogP contribution in [-0.2, 0) is 9.59 Å². The predicted molar refractivity (Wildman–Crippen MR) is 232 cm³/mol. The molecule has 0 aromatic carbocycles. The molecule has 0 aliphatic carbocycles. The molecule has 53 heavy (non-hydrogen) atoms. The summed E-state index contributed by atoms with van der Waals surface area (Å²) in [7, 11) is 0. The molecule has 0 fully saturated rings. The SMILES string of the molecule is CCCCCCCCCCCCCCCCCCNC(=O)CCN(CCCCCO)CCC(=O)NCCCCCCCCCCCCCCCCCC. The lowest BCUT2D eigenvalue weighted by Crippen LogP contribution is -2.35. The third kappa shape index (κ3) is 43.5. The number of nitrogens with zero attached hydrogens (tertiary/aromatic N) is 1. The van der Waals surface area contributed by atoms with Crippen LogP contribution in [0.2, 0.25) is 0 Å². The van der Waals surface area contributed by atoms with Gasteiger partial charge < -0.3 is 20.6 Å². The Bertz CT molecular complexity index is 680. The van der Waals surface area contributed by atoms with Crippen LogP contribution < -0.4 is 10.6 Å². The van der Waals surface area contributed by atoms with Crippen LogP contribution in [0.5, 0.6) is 0 Å². The fraction of sp³-hybridized carbons (Fsp3) is 0.957. The van der Waals surface area contributed by atoms with Crippen LogP contribution in [0.4, 0.5) is 0 Å². The molecule has 0 saturated heterocycles. The Balaban J connectivity index is 3.78. The normalized spacial score (nSPS) is 11.5. The van der Waals surface area contributed by atoms with Crippen LogP contribution in [0.3, 0.4) is 0 Å². The van der Waals surface area contributed by atoms with Crippen LogP contribution in [0.15, 0.2) is 0 Å². The summed E-state index contributed by atoms with van der Waals surface area (Å²) in [6.07, 6.45) is 47.2. The Morgan fingerprint density at radius 1 is 0.358 bits per heavy atom. The lowest BCUT2D eigenvalue weighted by Gasteiger charge is -2.22. The fourth-order valence-corrected chi connectivity index (χ4v) is 7.46. The highest BCUT2D eigenvalue weighted by molar-refractivity contribution is 5.76. The van der Waals surface area contributed by atoms with Crippen LogP contribution in [0, 0.1) is 0 Å². The molecule has 0 radical (unpaired) electrons. The van der Waals surface area contributed by atoms with Gasteiger partial charge in [-0.3, -0.25) is 9.59 Å². The van der Waals surface area contributed by atoms with Crippen LogP contribution in [0.25, 0.3) is 0 Å². The third-order valence-corrected chi connectivity index (χ3v) is 11.1. The van der Waals surface area contributed by atoms with Gasteiger partial charge in [0.15, 0.2) is 0 Å². The molecule has 0 aromatic heterocycles. The third-order valence-electron chi connectivity index (χ3n) is 11.1. The molecular weight excluding hydrogens is 655 g/mol. The zero-order valence-electron chi connectivity index (χ0n) is 36.1. The lowest BCUT2D eigenvalue weighted by atomic mass is 10.0. The first kappa shape index (κ1) is 51.9. The molecule has 0 spiro atoms. The van der Waals surface area contributed by atoms with Crippen LogP contribution in [-0.4, -0.2) is 61.2 Å². The van der Waals surface area contributed by atoms with Gasteiger partial charge in [0.2, 0.25) is 11.8 Å². The summed E-state index contributed by atoms with van der Waals surface area (Å²) in [5.41, 5.74) is 0. The number of rotatable bonds is 45. The number of aliphatic hydroxyl groups is 1. The van der Waals surface area contributed by atoms with Crippen molar-refractivity contribution >= 4 is 11.8 Å². The van der Waals surface area contributed by atoms with Gasteiger partial charge in [-0.05, 0) is 38.6 Å². The second-order valence-corrected chi connectivity index (χ2v) is 16.4. The van der Waals surface area contributed by atoms with E-state index in [-0.39, 0.29) is 18.4 Å². The molecule has 2 amide bonds. The number of unbranched alkanes of at least 4 members (excludes halogenated alkanes) is 32.